The van der Waals surface area contributed by atoms with E-state index in [1.54, 1.807) is 4.68 Å². The maximum absolute atomic E-state index is 5.77. The van der Waals surface area contributed by atoms with Crippen LogP contribution in [0.25, 0.3) is 5.69 Å². The number of rotatable bonds is 2. The van der Waals surface area contributed by atoms with E-state index >= 15 is 0 Å². The fraction of sp³-hybridized carbons (Fsp3) is 0.222. The van der Waals surface area contributed by atoms with Gasteiger partial charge in [-0.25, -0.2) is 0 Å². The van der Waals surface area contributed by atoms with Crippen molar-refractivity contribution in [2.24, 2.45) is 5.73 Å². The van der Waals surface area contributed by atoms with E-state index in [1.165, 1.54) is 0 Å². The molecule has 0 saturated carbocycles. The standard InChI is InChI=1S/C9H10BrN5/c1-6(11)9-12-13-14-15(9)8-5-3-2-4-7(8)10/h2-6H,11H2,1H3/t6-/m1/s1. The number of nitrogens with zero attached hydrogens (tertiary/aromatic N) is 4. The lowest BCUT2D eigenvalue weighted by molar-refractivity contribution is 0.687. The highest BCUT2D eigenvalue weighted by Gasteiger charge is 2.13. The lowest BCUT2D eigenvalue weighted by Crippen LogP contribution is -2.13. The zero-order valence-corrected chi connectivity index (χ0v) is 9.72. The smallest absolute Gasteiger partial charge is 0.173 e. The monoisotopic (exact) mass is 267 g/mol. The molecule has 2 rings (SSSR count). The fourth-order valence-electron chi connectivity index (χ4n) is 1.27. The second-order valence-corrected chi connectivity index (χ2v) is 4.04. The van der Waals surface area contributed by atoms with Crippen molar-refractivity contribution in [3.8, 4) is 5.69 Å². The Morgan fingerprint density at radius 3 is 2.80 bits per heavy atom. The number of aromatic nitrogens is 4. The summed E-state index contributed by atoms with van der Waals surface area (Å²) in [4.78, 5) is 0. The van der Waals surface area contributed by atoms with Gasteiger partial charge in [0.25, 0.3) is 0 Å². The lowest BCUT2D eigenvalue weighted by Gasteiger charge is -2.07. The maximum atomic E-state index is 5.77. The van der Waals surface area contributed by atoms with Crippen LogP contribution in [0.1, 0.15) is 18.8 Å². The molecule has 5 nitrogen and oxygen atoms in total. The number of halogens is 1. The Hall–Kier alpha value is -1.27. The Bertz CT molecular complexity index is 465. The van der Waals surface area contributed by atoms with E-state index in [9.17, 15) is 0 Å². The van der Waals surface area contributed by atoms with Crippen LogP contribution in [0.4, 0.5) is 0 Å². The lowest BCUT2D eigenvalue weighted by atomic mass is 10.3. The molecule has 2 aromatic rings. The predicted octanol–water partition coefficient (Wildman–Crippen LogP) is 1.44. The van der Waals surface area contributed by atoms with Gasteiger partial charge in [-0.05, 0) is 45.4 Å². The summed E-state index contributed by atoms with van der Waals surface area (Å²) < 4.78 is 2.56. The van der Waals surface area contributed by atoms with Gasteiger partial charge in [-0.2, -0.15) is 4.68 Å². The van der Waals surface area contributed by atoms with Crippen molar-refractivity contribution < 1.29 is 0 Å². The zero-order valence-electron chi connectivity index (χ0n) is 8.13. The zero-order chi connectivity index (χ0) is 10.8. The SMILES string of the molecule is C[C@@H](N)c1nnnn1-c1ccccc1Br. The highest BCUT2D eigenvalue weighted by atomic mass is 79.9. The molecule has 0 aliphatic heterocycles. The summed E-state index contributed by atoms with van der Waals surface area (Å²) in [7, 11) is 0. The van der Waals surface area contributed by atoms with Gasteiger partial charge >= 0.3 is 0 Å². The normalized spacial score (nSPS) is 12.7. The van der Waals surface area contributed by atoms with Crippen molar-refractivity contribution in [1.29, 1.82) is 0 Å². The summed E-state index contributed by atoms with van der Waals surface area (Å²) in [6, 6.07) is 7.51. The fourth-order valence-corrected chi connectivity index (χ4v) is 1.73. The van der Waals surface area contributed by atoms with E-state index in [-0.39, 0.29) is 6.04 Å². The van der Waals surface area contributed by atoms with E-state index in [0.717, 1.165) is 10.2 Å². The topological polar surface area (TPSA) is 69.6 Å². The first-order valence-electron chi connectivity index (χ1n) is 4.49. The van der Waals surface area contributed by atoms with E-state index in [1.807, 2.05) is 31.2 Å². The van der Waals surface area contributed by atoms with Crippen molar-refractivity contribution in [3.05, 3.63) is 34.6 Å². The number of hydrogen-bond donors (Lipinski definition) is 1. The Morgan fingerprint density at radius 2 is 2.13 bits per heavy atom. The van der Waals surface area contributed by atoms with Gasteiger partial charge in [0.15, 0.2) is 5.82 Å². The van der Waals surface area contributed by atoms with E-state index in [2.05, 4.69) is 31.5 Å². The molecule has 0 spiro atoms. The molecule has 0 radical (unpaired) electrons. The molecule has 0 amide bonds. The highest BCUT2D eigenvalue weighted by Crippen LogP contribution is 2.21. The van der Waals surface area contributed by atoms with Gasteiger partial charge in [-0.1, -0.05) is 12.1 Å². The Kier molecular flexibility index (Phi) is 2.79. The van der Waals surface area contributed by atoms with Crippen molar-refractivity contribution in [1.82, 2.24) is 20.2 Å². The molecular weight excluding hydrogens is 258 g/mol. The van der Waals surface area contributed by atoms with Gasteiger partial charge in [0, 0.05) is 4.47 Å². The Labute approximate surface area is 95.4 Å². The molecule has 0 bridgehead atoms. The number of para-hydroxylation sites is 1. The van der Waals surface area contributed by atoms with Gasteiger partial charge in [-0.15, -0.1) is 5.10 Å². The van der Waals surface area contributed by atoms with Gasteiger partial charge < -0.3 is 5.73 Å². The van der Waals surface area contributed by atoms with Crippen LogP contribution in [-0.2, 0) is 0 Å². The molecule has 0 unspecified atom stereocenters. The Balaban J connectivity index is 2.55. The minimum atomic E-state index is -0.202. The summed E-state index contributed by atoms with van der Waals surface area (Å²) in [5.41, 5.74) is 6.65. The van der Waals surface area contributed by atoms with Crippen molar-refractivity contribution in [2.45, 2.75) is 13.0 Å². The molecule has 0 fully saturated rings. The summed E-state index contributed by atoms with van der Waals surface area (Å²) in [6.07, 6.45) is 0. The molecule has 1 aromatic carbocycles. The molecule has 1 heterocycles. The van der Waals surface area contributed by atoms with Crippen LogP contribution in [0.2, 0.25) is 0 Å². The van der Waals surface area contributed by atoms with Crippen molar-refractivity contribution in [3.63, 3.8) is 0 Å². The quantitative estimate of drug-likeness (QED) is 0.894. The third-order valence-electron chi connectivity index (χ3n) is 1.98. The second-order valence-electron chi connectivity index (χ2n) is 3.19. The van der Waals surface area contributed by atoms with Crippen LogP contribution in [0.3, 0.4) is 0 Å². The average Bonchev–Trinajstić information content (AvgIpc) is 2.67. The van der Waals surface area contributed by atoms with Gasteiger partial charge in [0.1, 0.15) is 0 Å². The molecule has 0 aliphatic rings. The van der Waals surface area contributed by atoms with Gasteiger partial charge in [-0.3, -0.25) is 0 Å². The number of hydrogen-bond acceptors (Lipinski definition) is 4. The molecule has 6 heteroatoms. The number of nitrogens with two attached hydrogens (primary N) is 1. The Morgan fingerprint density at radius 1 is 1.40 bits per heavy atom. The van der Waals surface area contributed by atoms with Crippen LogP contribution in [-0.4, -0.2) is 20.2 Å². The molecule has 0 saturated heterocycles. The summed E-state index contributed by atoms with van der Waals surface area (Å²) >= 11 is 3.44. The summed E-state index contributed by atoms with van der Waals surface area (Å²) in [6.45, 7) is 1.85. The third-order valence-corrected chi connectivity index (χ3v) is 2.65. The molecule has 78 valence electrons. The second kappa shape index (κ2) is 4.08. The molecule has 15 heavy (non-hydrogen) atoms. The molecular formula is C9H10BrN5. The molecule has 1 aromatic heterocycles. The van der Waals surface area contributed by atoms with Crippen LogP contribution in [0.15, 0.2) is 28.7 Å². The predicted molar refractivity (Wildman–Crippen MR) is 59.5 cm³/mol. The van der Waals surface area contributed by atoms with Crippen molar-refractivity contribution in [2.75, 3.05) is 0 Å². The minimum absolute atomic E-state index is 0.202. The van der Waals surface area contributed by atoms with Crippen LogP contribution < -0.4 is 5.73 Å². The van der Waals surface area contributed by atoms with Crippen LogP contribution >= 0.6 is 15.9 Å². The molecule has 0 aliphatic carbocycles. The average molecular weight is 268 g/mol. The van der Waals surface area contributed by atoms with E-state index < -0.39 is 0 Å². The van der Waals surface area contributed by atoms with Gasteiger partial charge in [0.05, 0.1) is 11.7 Å². The highest BCUT2D eigenvalue weighted by molar-refractivity contribution is 9.10. The minimum Gasteiger partial charge on any atom is -0.321 e. The molecule has 2 N–H and O–H groups in total. The first-order valence-corrected chi connectivity index (χ1v) is 5.28. The number of tetrazole rings is 1. The first-order chi connectivity index (χ1) is 7.20. The van der Waals surface area contributed by atoms with E-state index in [0.29, 0.717) is 5.82 Å². The summed E-state index contributed by atoms with van der Waals surface area (Å²) in [5.74, 6) is 0.641. The first kappa shape index (κ1) is 10.3. The number of benzene rings is 1. The largest absolute Gasteiger partial charge is 0.321 e. The van der Waals surface area contributed by atoms with Crippen LogP contribution in [0, 0.1) is 0 Å². The van der Waals surface area contributed by atoms with E-state index in [4.69, 9.17) is 5.73 Å². The maximum Gasteiger partial charge on any atom is 0.173 e. The molecule has 1 atom stereocenters. The van der Waals surface area contributed by atoms with Gasteiger partial charge in [0.2, 0.25) is 0 Å². The third kappa shape index (κ3) is 1.91. The van der Waals surface area contributed by atoms with Crippen LogP contribution in [0.5, 0.6) is 0 Å². The van der Waals surface area contributed by atoms with Crippen molar-refractivity contribution >= 4 is 15.9 Å². The summed E-state index contributed by atoms with van der Waals surface area (Å²) in [5, 5.41) is 11.4.